The smallest absolute Gasteiger partial charge is 0.310 e. The molecule has 0 radical (unpaired) electrons. The number of nitrogens with zero attached hydrogens (tertiary/aromatic N) is 3. The number of carbonyl (C=O) groups is 1. The zero-order chi connectivity index (χ0) is 15.4. The number of benzene rings is 1. The Bertz CT molecular complexity index is 797. The fourth-order valence-electron chi connectivity index (χ4n) is 2.22. The van der Waals surface area contributed by atoms with Crippen LogP contribution in [-0.2, 0) is 16.0 Å². The monoisotopic (exact) mass is 296 g/mol. The Morgan fingerprint density at radius 1 is 1.27 bits per heavy atom. The third kappa shape index (κ3) is 3.06. The first-order chi connectivity index (χ1) is 10.8. The molecule has 6 heteroatoms. The Morgan fingerprint density at radius 2 is 2.14 bits per heavy atom. The fraction of sp³-hybridized carbons (Fsp3) is 0.188. The third-order valence-corrected chi connectivity index (χ3v) is 3.16. The van der Waals surface area contributed by atoms with Crippen LogP contribution in [0.25, 0.3) is 5.78 Å². The lowest BCUT2D eigenvalue weighted by Gasteiger charge is -2.10. The molecule has 3 rings (SSSR count). The number of anilines is 2. The van der Waals surface area contributed by atoms with Crippen LogP contribution in [0.3, 0.4) is 0 Å². The van der Waals surface area contributed by atoms with Gasteiger partial charge < -0.3 is 10.1 Å². The van der Waals surface area contributed by atoms with Crippen molar-refractivity contribution in [2.45, 2.75) is 13.3 Å². The molecule has 0 aliphatic heterocycles. The van der Waals surface area contributed by atoms with E-state index in [0.29, 0.717) is 12.4 Å². The standard InChI is InChI=1S/C16H16N4O2/c1-2-22-15(21)11-12-4-3-5-13(10-12)19-14-6-7-17-16-18-8-9-20(14)16/h3-10,19H,2,11H2,1H3. The summed E-state index contributed by atoms with van der Waals surface area (Å²) in [7, 11) is 0. The summed E-state index contributed by atoms with van der Waals surface area (Å²) in [5.41, 5.74) is 1.79. The Labute approximate surface area is 127 Å². The van der Waals surface area contributed by atoms with E-state index in [0.717, 1.165) is 17.1 Å². The second-order valence-electron chi connectivity index (χ2n) is 4.73. The number of aromatic nitrogens is 3. The fourth-order valence-corrected chi connectivity index (χ4v) is 2.22. The highest BCUT2D eigenvalue weighted by Crippen LogP contribution is 2.18. The number of carbonyl (C=O) groups excluding carboxylic acids is 1. The van der Waals surface area contributed by atoms with Crippen molar-refractivity contribution in [2.75, 3.05) is 11.9 Å². The molecule has 0 unspecified atom stereocenters. The average Bonchev–Trinajstić information content (AvgIpc) is 2.97. The van der Waals surface area contributed by atoms with Gasteiger partial charge in [0.1, 0.15) is 5.82 Å². The molecule has 6 nitrogen and oxygen atoms in total. The Balaban J connectivity index is 1.81. The topological polar surface area (TPSA) is 68.5 Å². The molecule has 0 bridgehead atoms. The summed E-state index contributed by atoms with van der Waals surface area (Å²) in [6, 6.07) is 9.55. The van der Waals surface area contributed by atoms with Gasteiger partial charge in [0.15, 0.2) is 0 Å². The van der Waals surface area contributed by atoms with E-state index in [-0.39, 0.29) is 12.4 Å². The molecule has 22 heavy (non-hydrogen) atoms. The van der Waals surface area contributed by atoms with Gasteiger partial charge in [-0.2, -0.15) is 0 Å². The normalized spacial score (nSPS) is 10.6. The molecule has 112 valence electrons. The van der Waals surface area contributed by atoms with Crippen molar-refractivity contribution in [1.29, 1.82) is 0 Å². The highest BCUT2D eigenvalue weighted by atomic mass is 16.5. The van der Waals surface area contributed by atoms with E-state index >= 15 is 0 Å². The van der Waals surface area contributed by atoms with Crippen LogP contribution in [0.15, 0.2) is 48.9 Å². The zero-order valence-corrected chi connectivity index (χ0v) is 12.2. The SMILES string of the molecule is CCOC(=O)Cc1cccc(Nc2ccnc3nccn23)c1. The Morgan fingerprint density at radius 3 is 3.00 bits per heavy atom. The van der Waals surface area contributed by atoms with Gasteiger partial charge in [-0.15, -0.1) is 0 Å². The Kier molecular flexibility index (Phi) is 4.00. The molecule has 0 fully saturated rings. The summed E-state index contributed by atoms with van der Waals surface area (Å²) in [4.78, 5) is 19.9. The van der Waals surface area contributed by atoms with Gasteiger partial charge in [0.2, 0.25) is 5.78 Å². The quantitative estimate of drug-likeness (QED) is 0.733. The van der Waals surface area contributed by atoms with Gasteiger partial charge in [-0.05, 0) is 30.7 Å². The summed E-state index contributed by atoms with van der Waals surface area (Å²) in [5, 5.41) is 3.31. The van der Waals surface area contributed by atoms with Gasteiger partial charge in [-0.25, -0.2) is 9.97 Å². The lowest BCUT2D eigenvalue weighted by molar-refractivity contribution is -0.142. The van der Waals surface area contributed by atoms with E-state index in [9.17, 15) is 4.79 Å². The number of hydrogen-bond acceptors (Lipinski definition) is 5. The molecule has 2 aromatic heterocycles. The van der Waals surface area contributed by atoms with E-state index < -0.39 is 0 Å². The van der Waals surface area contributed by atoms with Gasteiger partial charge >= 0.3 is 5.97 Å². The van der Waals surface area contributed by atoms with Crippen LogP contribution >= 0.6 is 0 Å². The van der Waals surface area contributed by atoms with E-state index in [1.54, 1.807) is 19.3 Å². The molecule has 3 aromatic rings. The van der Waals surface area contributed by atoms with Crippen molar-refractivity contribution in [3.8, 4) is 0 Å². The number of nitrogens with one attached hydrogen (secondary N) is 1. The van der Waals surface area contributed by atoms with Crippen LogP contribution in [-0.4, -0.2) is 26.9 Å². The maximum atomic E-state index is 11.6. The van der Waals surface area contributed by atoms with E-state index in [4.69, 9.17) is 4.74 Å². The summed E-state index contributed by atoms with van der Waals surface area (Å²) in [6.07, 6.45) is 5.51. The molecular weight excluding hydrogens is 280 g/mol. The van der Waals surface area contributed by atoms with Crippen molar-refractivity contribution in [1.82, 2.24) is 14.4 Å². The molecular formula is C16H16N4O2. The molecule has 0 saturated heterocycles. The minimum Gasteiger partial charge on any atom is -0.466 e. The van der Waals surface area contributed by atoms with Crippen molar-refractivity contribution >= 4 is 23.3 Å². The second kappa shape index (κ2) is 6.26. The average molecular weight is 296 g/mol. The first-order valence-corrected chi connectivity index (χ1v) is 7.06. The molecule has 0 aliphatic rings. The molecule has 0 atom stereocenters. The minimum absolute atomic E-state index is 0.222. The van der Waals surface area contributed by atoms with Crippen LogP contribution in [0.5, 0.6) is 0 Å². The largest absolute Gasteiger partial charge is 0.466 e. The minimum atomic E-state index is -0.222. The molecule has 0 aliphatic carbocycles. The third-order valence-electron chi connectivity index (χ3n) is 3.16. The van der Waals surface area contributed by atoms with E-state index in [1.807, 2.05) is 40.9 Å². The highest BCUT2D eigenvalue weighted by molar-refractivity contribution is 5.73. The maximum absolute atomic E-state index is 11.6. The first kappa shape index (κ1) is 14.1. The molecule has 0 spiro atoms. The van der Waals surface area contributed by atoms with Crippen LogP contribution in [0.4, 0.5) is 11.5 Å². The van der Waals surface area contributed by atoms with Crippen molar-refractivity contribution in [2.24, 2.45) is 0 Å². The molecule has 1 N–H and O–H groups in total. The zero-order valence-electron chi connectivity index (χ0n) is 12.2. The van der Waals surface area contributed by atoms with E-state index in [1.165, 1.54) is 0 Å². The molecule has 2 heterocycles. The number of imidazole rings is 1. The molecule has 0 saturated carbocycles. The van der Waals surface area contributed by atoms with Crippen molar-refractivity contribution < 1.29 is 9.53 Å². The first-order valence-electron chi connectivity index (χ1n) is 7.06. The highest BCUT2D eigenvalue weighted by Gasteiger charge is 2.06. The predicted molar refractivity (Wildman–Crippen MR) is 83.0 cm³/mol. The maximum Gasteiger partial charge on any atom is 0.310 e. The van der Waals surface area contributed by atoms with Crippen LogP contribution < -0.4 is 5.32 Å². The van der Waals surface area contributed by atoms with Gasteiger partial charge in [0, 0.05) is 24.3 Å². The van der Waals surface area contributed by atoms with Crippen molar-refractivity contribution in [3.63, 3.8) is 0 Å². The lowest BCUT2D eigenvalue weighted by Crippen LogP contribution is -2.07. The predicted octanol–water partition coefficient (Wildman–Crippen LogP) is 2.58. The summed E-state index contributed by atoms with van der Waals surface area (Å²) >= 11 is 0. The van der Waals surface area contributed by atoms with Crippen LogP contribution in [0.1, 0.15) is 12.5 Å². The molecule has 1 aromatic carbocycles. The van der Waals surface area contributed by atoms with Gasteiger partial charge in [-0.1, -0.05) is 12.1 Å². The van der Waals surface area contributed by atoms with Crippen LogP contribution in [0.2, 0.25) is 0 Å². The van der Waals surface area contributed by atoms with Gasteiger partial charge in [-0.3, -0.25) is 9.20 Å². The number of rotatable bonds is 5. The number of hydrogen-bond donors (Lipinski definition) is 1. The number of fused-ring (bicyclic) bond motifs is 1. The summed E-state index contributed by atoms with van der Waals surface area (Å²) in [5.74, 6) is 1.27. The van der Waals surface area contributed by atoms with E-state index in [2.05, 4.69) is 15.3 Å². The number of esters is 1. The summed E-state index contributed by atoms with van der Waals surface area (Å²) < 4.78 is 6.83. The van der Waals surface area contributed by atoms with Gasteiger partial charge in [0.25, 0.3) is 0 Å². The summed E-state index contributed by atoms with van der Waals surface area (Å²) in [6.45, 7) is 2.20. The lowest BCUT2D eigenvalue weighted by atomic mass is 10.1. The van der Waals surface area contributed by atoms with Gasteiger partial charge in [0.05, 0.1) is 13.0 Å². The second-order valence-corrected chi connectivity index (χ2v) is 4.73. The molecule has 0 amide bonds. The number of ether oxygens (including phenoxy) is 1. The Hall–Kier alpha value is -2.89. The van der Waals surface area contributed by atoms with Crippen molar-refractivity contribution in [3.05, 3.63) is 54.5 Å². The van der Waals surface area contributed by atoms with Crippen LogP contribution in [0, 0.1) is 0 Å².